The van der Waals surface area contributed by atoms with Crippen molar-refractivity contribution in [1.82, 2.24) is 31.0 Å². The van der Waals surface area contributed by atoms with Gasteiger partial charge in [0.25, 0.3) is 11.8 Å². The number of nitrogens with one attached hydrogen (secondary N) is 4. The van der Waals surface area contributed by atoms with Gasteiger partial charge in [-0.3, -0.25) is 19.9 Å². The molecule has 184 valence electrons. The van der Waals surface area contributed by atoms with E-state index in [1.54, 1.807) is 19.2 Å². The number of carbonyl (C=O) groups is 2. The van der Waals surface area contributed by atoms with Crippen LogP contribution in [0.25, 0.3) is 10.9 Å². The highest BCUT2D eigenvalue weighted by molar-refractivity contribution is 7.13. The maximum absolute atomic E-state index is 13.1. The van der Waals surface area contributed by atoms with Crippen LogP contribution in [-0.4, -0.2) is 59.5 Å². The fourth-order valence-corrected chi connectivity index (χ4v) is 5.80. The Bertz CT molecular complexity index is 1300. The molecule has 1 aliphatic heterocycles. The first-order valence-electron chi connectivity index (χ1n) is 11.5. The number of fused-ring (bicyclic) bond motifs is 2. The summed E-state index contributed by atoms with van der Waals surface area (Å²) in [6, 6.07) is 6.47. The second-order valence-corrected chi connectivity index (χ2v) is 10.4. The summed E-state index contributed by atoms with van der Waals surface area (Å²) in [4.78, 5) is 42.4. The lowest BCUT2D eigenvalue weighted by molar-refractivity contribution is 0.0873. The minimum atomic E-state index is -0.430. The number of hydrogen-bond acceptors (Lipinski definition) is 7. The largest absolute Gasteiger partial charge is 0.351 e. The number of aromatic amines is 1. The zero-order valence-electron chi connectivity index (χ0n) is 19.5. The zero-order valence-corrected chi connectivity index (χ0v) is 21.1. The third kappa shape index (κ3) is 5.20. The molecule has 9 nitrogen and oxygen atoms in total. The van der Waals surface area contributed by atoms with Gasteiger partial charge in [-0.05, 0) is 50.2 Å². The van der Waals surface area contributed by atoms with Gasteiger partial charge in [0.1, 0.15) is 5.69 Å². The Balaban J connectivity index is 1.33. The minimum absolute atomic E-state index is 0.244. The first-order chi connectivity index (χ1) is 16.9. The molecule has 4 N–H and O–H groups in total. The average Bonchev–Trinajstić information content (AvgIpc) is 3.44. The number of nitrogens with zero attached hydrogens (tertiary/aromatic N) is 2. The second kappa shape index (κ2) is 9.98. The first-order valence-corrected chi connectivity index (χ1v) is 12.7. The fraction of sp³-hybridized carbons (Fsp3) is 0.375. The number of aromatic nitrogens is 2. The van der Waals surface area contributed by atoms with Crippen LogP contribution in [0.1, 0.15) is 43.7 Å². The lowest BCUT2D eigenvalue weighted by Gasteiger charge is -2.31. The molecule has 1 aliphatic carbocycles. The topological polar surface area (TPSA) is 111 Å². The summed E-state index contributed by atoms with van der Waals surface area (Å²) in [7, 11) is 3.61. The summed E-state index contributed by atoms with van der Waals surface area (Å²) in [5.41, 5.74) is 5.98. The number of likely N-dealkylation sites (N-methyl/N-ethyl adjacent to an activating group) is 1. The molecule has 0 unspecified atom stereocenters. The number of hydroxylamine groups is 1. The van der Waals surface area contributed by atoms with Crippen LogP contribution in [0.5, 0.6) is 0 Å². The highest BCUT2D eigenvalue weighted by atomic mass is 35.5. The Hall–Kier alpha value is -2.92. The van der Waals surface area contributed by atoms with Crippen molar-refractivity contribution in [2.24, 2.45) is 0 Å². The smallest absolute Gasteiger partial charge is 0.280 e. The van der Waals surface area contributed by atoms with Crippen LogP contribution in [0.15, 0.2) is 36.0 Å². The molecule has 3 aromatic rings. The molecule has 3 heterocycles. The SMILES string of the molecule is CONC1=C[C@@H](NC(=O)c2nc3c(s2)CN(C)CC3)[C@@H](NC(=O)c2cc3cc(Cl)ccc3[nH]2)CC1. The zero-order chi connectivity index (χ0) is 24.5. The highest BCUT2D eigenvalue weighted by Gasteiger charge is 2.30. The van der Waals surface area contributed by atoms with E-state index in [2.05, 4.69) is 38.0 Å². The maximum Gasteiger partial charge on any atom is 0.280 e. The van der Waals surface area contributed by atoms with Crippen LogP contribution in [0.4, 0.5) is 0 Å². The Kier molecular flexibility index (Phi) is 6.79. The predicted molar refractivity (Wildman–Crippen MR) is 135 cm³/mol. The molecule has 11 heteroatoms. The third-order valence-corrected chi connectivity index (χ3v) is 7.65. The summed E-state index contributed by atoms with van der Waals surface area (Å²) in [6.45, 7) is 1.74. The number of amides is 2. The van der Waals surface area contributed by atoms with Crippen molar-refractivity contribution in [2.75, 3.05) is 20.7 Å². The molecule has 0 bridgehead atoms. The van der Waals surface area contributed by atoms with Crippen molar-refractivity contribution < 1.29 is 14.4 Å². The minimum Gasteiger partial charge on any atom is -0.351 e. The third-order valence-electron chi connectivity index (χ3n) is 6.33. The van der Waals surface area contributed by atoms with Crippen molar-refractivity contribution in [2.45, 2.75) is 37.9 Å². The van der Waals surface area contributed by atoms with Gasteiger partial charge in [-0.1, -0.05) is 11.6 Å². The van der Waals surface area contributed by atoms with Crippen molar-refractivity contribution in [3.8, 4) is 0 Å². The van der Waals surface area contributed by atoms with E-state index in [4.69, 9.17) is 16.4 Å². The van der Waals surface area contributed by atoms with Crippen LogP contribution in [0.2, 0.25) is 5.02 Å². The van der Waals surface area contributed by atoms with Gasteiger partial charge in [-0.2, -0.15) is 0 Å². The molecule has 2 aromatic heterocycles. The van der Waals surface area contributed by atoms with Crippen molar-refractivity contribution in [3.05, 3.63) is 62.3 Å². The highest BCUT2D eigenvalue weighted by Crippen LogP contribution is 2.26. The lowest BCUT2D eigenvalue weighted by Crippen LogP contribution is -2.52. The number of rotatable bonds is 6. The molecule has 0 saturated carbocycles. The van der Waals surface area contributed by atoms with Crippen LogP contribution >= 0.6 is 22.9 Å². The van der Waals surface area contributed by atoms with Gasteiger partial charge in [-0.25, -0.2) is 4.98 Å². The van der Waals surface area contributed by atoms with Crippen molar-refractivity contribution >= 4 is 45.7 Å². The summed E-state index contributed by atoms with van der Waals surface area (Å²) in [5.74, 6) is -0.489. The molecule has 0 spiro atoms. The maximum atomic E-state index is 13.1. The van der Waals surface area contributed by atoms with E-state index < -0.39 is 6.04 Å². The molecule has 0 fully saturated rings. The van der Waals surface area contributed by atoms with E-state index in [0.717, 1.165) is 46.7 Å². The van der Waals surface area contributed by atoms with Gasteiger partial charge in [0, 0.05) is 46.0 Å². The summed E-state index contributed by atoms with van der Waals surface area (Å²) in [6.07, 6.45) is 4.03. The molecule has 2 aliphatic rings. The van der Waals surface area contributed by atoms with E-state index in [0.29, 0.717) is 28.6 Å². The van der Waals surface area contributed by atoms with Gasteiger partial charge in [0.15, 0.2) is 5.01 Å². The van der Waals surface area contributed by atoms with E-state index in [-0.39, 0.29) is 17.9 Å². The van der Waals surface area contributed by atoms with Crippen LogP contribution < -0.4 is 16.1 Å². The molecule has 2 amide bonds. The number of hydrogen-bond donors (Lipinski definition) is 4. The number of halogens is 1. The molecule has 35 heavy (non-hydrogen) atoms. The van der Waals surface area contributed by atoms with E-state index >= 15 is 0 Å². The number of allylic oxidation sites excluding steroid dienone is 1. The van der Waals surface area contributed by atoms with E-state index in [1.807, 2.05) is 18.2 Å². The Morgan fingerprint density at radius 2 is 2.09 bits per heavy atom. The Morgan fingerprint density at radius 1 is 1.23 bits per heavy atom. The molecular weight excluding hydrogens is 488 g/mol. The quantitative estimate of drug-likeness (QED) is 0.376. The second-order valence-electron chi connectivity index (χ2n) is 8.91. The van der Waals surface area contributed by atoms with Gasteiger partial charge in [-0.15, -0.1) is 11.3 Å². The molecule has 2 atom stereocenters. The van der Waals surface area contributed by atoms with E-state index in [1.165, 1.54) is 11.3 Å². The first kappa shape index (κ1) is 23.8. The normalized spacial score (nSPS) is 20.3. The summed E-state index contributed by atoms with van der Waals surface area (Å²) < 4.78 is 0. The van der Waals surface area contributed by atoms with Crippen LogP contribution in [0.3, 0.4) is 0 Å². The monoisotopic (exact) mass is 514 g/mol. The standard InChI is InChI=1S/C24H27ClN6O3S/c1-31-8-7-18-21(12-31)35-24(29-18)23(33)28-19-11-15(30-34-2)4-6-17(19)27-22(32)20-10-13-9-14(25)3-5-16(13)26-20/h3,5,9-11,17,19,26,30H,4,6-8,12H2,1-2H3,(H,27,32)(H,28,33)/t17-,19+/m0/s1. The van der Waals surface area contributed by atoms with Gasteiger partial charge < -0.3 is 20.5 Å². The number of thiazole rings is 1. The number of H-pyrrole nitrogens is 1. The Morgan fingerprint density at radius 3 is 2.91 bits per heavy atom. The number of benzene rings is 1. The summed E-state index contributed by atoms with van der Waals surface area (Å²) in [5, 5.41) is 8.06. The van der Waals surface area contributed by atoms with Gasteiger partial charge in [0.2, 0.25) is 0 Å². The predicted octanol–water partition coefficient (Wildman–Crippen LogP) is 2.99. The molecular formula is C24H27ClN6O3S. The lowest BCUT2D eigenvalue weighted by atomic mass is 9.94. The van der Waals surface area contributed by atoms with Gasteiger partial charge in [0.05, 0.1) is 24.9 Å². The molecule has 0 saturated heterocycles. The van der Waals surface area contributed by atoms with Crippen molar-refractivity contribution in [3.63, 3.8) is 0 Å². The average molecular weight is 515 g/mol. The number of carbonyl (C=O) groups excluding carboxylic acids is 2. The summed E-state index contributed by atoms with van der Waals surface area (Å²) >= 11 is 7.51. The molecule has 5 rings (SSSR count). The van der Waals surface area contributed by atoms with Gasteiger partial charge >= 0.3 is 0 Å². The fourth-order valence-electron chi connectivity index (χ4n) is 4.53. The molecule has 0 radical (unpaired) electrons. The Labute approximate surface area is 211 Å². The van der Waals surface area contributed by atoms with Crippen molar-refractivity contribution in [1.29, 1.82) is 0 Å². The van der Waals surface area contributed by atoms with Crippen LogP contribution in [-0.2, 0) is 17.8 Å². The molecule has 1 aromatic carbocycles. The van der Waals surface area contributed by atoms with E-state index in [9.17, 15) is 9.59 Å². The van der Waals surface area contributed by atoms with Crippen LogP contribution in [0, 0.1) is 0 Å².